The lowest BCUT2D eigenvalue weighted by Gasteiger charge is -2.32. The minimum atomic E-state index is -0.889. The van der Waals surface area contributed by atoms with Gasteiger partial charge in [0.15, 0.2) is 0 Å². The quantitative estimate of drug-likeness (QED) is 0.402. The summed E-state index contributed by atoms with van der Waals surface area (Å²) in [5.41, 5.74) is 4.60. The topological polar surface area (TPSA) is 44.8 Å². The van der Waals surface area contributed by atoms with Gasteiger partial charge in [-0.15, -0.1) is 6.42 Å². The lowest BCUT2D eigenvalue weighted by molar-refractivity contribution is -0.160. The summed E-state index contributed by atoms with van der Waals surface area (Å²) in [7, 11) is 1.38. The molecule has 0 saturated heterocycles. The van der Waals surface area contributed by atoms with Crippen LogP contribution in [0, 0.1) is 24.7 Å². The molecule has 4 heteroatoms. The van der Waals surface area contributed by atoms with Crippen LogP contribution in [0.5, 0.6) is 0 Å². The molecule has 0 aliphatic rings. The van der Waals surface area contributed by atoms with E-state index >= 15 is 0 Å². The van der Waals surface area contributed by atoms with Gasteiger partial charge in [0.1, 0.15) is 6.61 Å². The number of terminal acetylenes is 1. The van der Waals surface area contributed by atoms with E-state index in [-0.39, 0.29) is 12.6 Å². The maximum absolute atomic E-state index is 12.4. The Morgan fingerprint density at radius 3 is 2.37 bits per heavy atom. The molecule has 0 aliphatic heterocycles. The molecule has 1 atom stereocenters. The molecule has 0 N–H and O–H groups in total. The molecule has 0 radical (unpaired) electrons. The molecular formula is C26H32O4. The maximum atomic E-state index is 12.4. The van der Waals surface area contributed by atoms with Crippen LogP contribution in [-0.2, 0) is 38.6 Å². The Morgan fingerprint density at radius 1 is 1.10 bits per heavy atom. The summed E-state index contributed by atoms with van der Waals surface area (Å²) < 4.78 is 16.8. The van der Waals surface area contributed by atoms with Crippen molar-refractivity contribution in [3.05, 3.63) is 70.3 Å². The van der Waals surface area contributed by atoms with Crippen molar-refractivity contribution in [2.45, 2.75) is 53.4 Å². The second kappa shape index (κ2) is 11.0. The molecule has 1 unspecified atom stereocenters. The molecule has 2 rings (SSSR count). The molecule has 0 spiro atoms. The zero-order chi connectivity index (χ0) is 22.1. The Hall–Kier alpha value is -2.61. The molecule has 0 fully saturated rings. The first kappa shape index (κ1) is 23.7. The number of aryl methyl sites for hydroxylation is 2. The van der Waals surface area contributed by atoms with Crippen molar-refractivity contribution in [1.29, 1.82) is 0 Å². The smallest absolute Gasteiger partial charge is 0.314 e. The summed E-state index contributed by atoms with van der Waals surface area (Å²) in [5.74, 6) is 2.14. The summed E-state index contributed by atoms with van der Waals surface area (Å²) in [6.07, 6.45) is 5.89. The number of carbonyl (C=O) groups excluding carboxylic acids is 1. The fraction of sp³-hybridized carbons (Fsp3) is 0.423. The van der Waals surface area contributed by atoms with Gasteiger partial charge in [-0.1, -0.05) is 55.3 Å². The number of ether oxygens (including phenoxy) is 3. The highest BCUT2D eigenvalue weighted by Crippen LogP contribution is 2.38. The van der Waals surface area contributed by atoms with E-state index in [1.807, 2.05) is 25.1 Å². The van der Waals surface area contributed by atoms with Crippen LogP contribution in [0.2, 0.25) is 0 Å². The Bertz CT molecular complexity index is 875. The molecule has 2 aromatic carbocycles. The van der Waals surface area contributed by atoms with Gasteiger partial charge in [-0.25, -0.2) is 0 Å². The van der Waals surface area contributed by atoms with Crippen molar-refractivity contribution < 1.29 is 19.0 Å². The molecule has 0 heterocycles. The van der Waals surface area contributed by atoms with Crippen LogP contribution in [0.25, 0.3) is 0 Å². The second-order valence-electron chi connectivity index (χ2n) is 7.96. The summed E-state index contributed by atoms with van der Waals surface area (Å²) in [6.45, 7) is 8.91. The van der Waals surface area contributed by atoms with Gasteiger partial charge >= 0.3 is 5.97 Å². The summed E-state index contributed by atoms with van der Waals surface area (Å²) in [4.78, 5) is 12.4. The summed E-state index contributed by atoms with van der Waals surface area (Å²) >= 11 is 0. The fourth-order valence-electron chi connectivity index (χ4n) is 3.38. The van der Waals surface area contributed by atoms with Crippen molar-refractivity contribution in [3.8, 4) is 12.3 Å². The molecule has 0 aliphatic carbocycles. The number of esters is 1. The van der Waals surface area contributed by atoms with Crippen LogP contribution in [-0.4, -0.2) is 19.7 Å². The zero-order valence-electron chi connectivity index (χ0n) is 18.7. The van der Waals surface area contributed by atoms with Gasteiger partial charge in [-0.2, -0.15) is 0 Å². The normalized spacial score (nSPS) is 12.3. The fourth-order valence-corrected chi connectivity index (χ4v) is 3.38. The minimum Gasteiger partial charge on any atom is -0.469 e. The number of benzene rings is 2. The Labute approximate surface area is 180 Å². The predicted octanol–water partition coefficient (Wildman–Crippen LogP) is 5.16. The number of carbonyl (C=O) groups is 1. The summed E-state index contributed by atoms with van der Waals surface area (Å²) in [6, 6.07) is 14.5. The van der Waals surface area contributed by atoms with Gasteiger partial charge in [-0.3, -0.25) is 4.79 Å². The first-order valence-corrected chi connectivity index (χ1v) is 10.2. The Morgan fingerprint density at radius 2 is 1.77 bits per heavy atom. The van der Waals surface area contributed by atoms with E-state index in [4.69, 9.17) is 20.6 Å². The largest absolute Gasteiger partial charge is 0.469 e. The van der Waals surface area contributed by atoms with Gasteiger partial charge in [0, 0.05) is 0 Å². The molecule has 0 amide bonds. The predicted molar refractivity (Wildman–Crippen MR) is 119 cm³/mol. The monoisotopic (exact) mass is 408 g/mol. The van der Waals surface area contributed by atoms with Crippen LogP contribution in [0.4, 0.5) is 0 Å². The van der Waals surface area contributed by atoms with E-state index < -0.39 is 11.5 Å². The van der Waals surface area contributed by atoms with Gasteiger partial charge in [-0.05, 0) is 55.0 Å². The second-order valence-corrected chi connectivity index (χ2v) is 7.96. The van der Waals surface area contributed by atoms with Crippen LogP contribution >= 0.6 is 0 Å². The summed E-state index contributed by atoms with van der Waals surface area (Å²) in [5, 5.41) is 0. The van der Waals surface area contributed by atoms with E-state index in [1.54, 1.807) is 13.8 Å². The number of rotatable bonds is 10. The van der Waals surface area contributed by atoms with Gasteiger partial charge in [0.2, 0.25) is 0 Å². The van der Waals surface area contributed by atoms with Gasteiger partial charge in [0.05, 0.1) is 31.8 Å². The van der Waals surface area contributed by atoms with E-state index in [2.05, 4.69) is 37.1 Å². The molecule has 2 aromatic rings. The molecule has 0 saturated carbocycles. The van der Waals surface area contributed by atoms with E-state index in [1.165, 1.54) is 12.7 Å². The third-order valence-corrected chi connectivity index (χ3v) is 5.33. The van der Waals surface area contributed by atoms with Crippen molar-refractivity contribution in [1.82, 2.24) is 0 Å². The number of hydrogen-bond acceptors (Lipinski definition) is 4. The molecule has 30 heavy (non-hydrogen) atoms. The number of methoxy groups -OCH3 is 1. The molecule has 4 nitrogen and oxygen atoms in total. The average Bonchev–Trinajstić information content (AvgIpc) is 2.75. The average molecular weight is 409 g/mol. The molecule has 0 bridgehead atoms. The van der Waals surface area contributed by atoms with Crippen LogP contribution in [0.1, 0.15) is 54.7 Å². The van der Waals surface area contributed by atoms with Gasteiger partial charge < -0.3 is 14.2 Å². The molecule has 0 aromatic heterocycles. The lowest BCUT2D eigenvalue weighted by atomic mass is 9.81. The first-order chi connectivity index (χ1) is 14.3. The molecular weight excluding hydrogens is 376 g/mol. The standard InChI is InChI=1S/C26H32O4/c1-7-15-30-24(26(4,5)25(27)28-6)22-14-9-19(3)23(16-22)18-29-17-21-12-10-20(8-2)11-13-21/h1,9-14,16,24H,8,15,17-18H2,2-6H3. The van der Waals surface area contributed by atoms with Crippen LogP contribution in [0.15, 0.2) is 42.5 Å². The van der Waals surface area contributed by atoms with E-state index in [9.17, 15) is 4.79 Å². The number of hydrogen-bond donors (Lipinski definition) is 0. The minimum absolute atomic E-state index is 0.110. The van der Waals surface area contributed by atoms with Gasteiger partial charge in [0.25, 0.3) is 0 Å². The van der Waals surface area contributed by atoms with E-state index in [0.717, 1.165) is 28.7 Å². The van der Waals surface area contributed by atoms with Crippen molar-refractivity contribution in [2.75, 3.05) is 13.7 Å². The highest BCUT2D eigenvalue weighted by molar-refractivity contribution is 5.77. The van der Waals surface area contributed by atoms with Crippen LogP contribution < -0.4 is 0 Å². The van der Waals surface area contributed by atoms with Crippen molar-refractivity contribution in [3.63, 3.8) is 0 Å². The Kier molecular flexibility index (Phi) is 8.65. The SMILES string of the molecule is C#CCOC(c1ccc(C)c(COCc2ccc(CC)cc2)c1)C(C)(C)C(=O)OC. The van der Waals surface area contributed by atoms with Crippen LogP contribution in [0.3, 0.4) is 0 Å². The van der Waals surface area contributed by atoms with E-state index in [0.29, 0.717) is 13.2 Å². The van der Waals surface area contributed by atoms with Crippen molar-refractivity contribution >= 4 is 5.97 Å². The third-order valence-electron chi connectivity index (χ3n) is 5.33. The molecule has 160 valence electrons. The maximum Gasteiger partial charge on any atom is 0.314 e. The third kappa shape index (κ3) is 5.95. The lowest BCUT2D eigenvalue weighted by Crippen LogP contribution is -2.34. The first-order valence-electron chi connectivity index (χ1n) is 10.2. The highest BCUT2D eigenvalue weighted by Gasteiger charge is 2.40. The van der Waals surface area contributed by atoms with Crippen molar-refractivity contribution in [2.24, 2.45) is 5.41 Å². The highest BCUT2D eigenvalue weighted by atomic mass is 16.5. The Balaban J connectivity index is 2.17. The zero-order valence-corrected chi connectivity index (χ0v) is 18.7.